The molecule has 0 amide bonds. The minimum Gasteiger partial charge on any atom is -0.313 e. The molecule has 0 aliphatic heterocycles. The normalized spacial score (nSPS) is 12.7. The number of thiazole rings is 1. The number of benzene rings is 1. The molecule has 0 bridgehead atoms. The molecule has 0 saturated heterocycles. The van der Waals surface area contributed by atoms with Gasteiger partial charge in [0.15, 0.2) is 0 Å². The molecule has 1 atom stereocenters. The van der Waals surface area contributed by atoms with Gasteiger partial charge in [-0.3, -0.25) is 0 Å². The van der Waals surface area contributed by atoms with Gasteiger partial charge >= 0.3 is 0 Å². The second kappa shape index (κ2) is 5.59. The molecular weight excluding hydrogens is 247 g/mol. The molecule has 18 heavy (non-hydrogen) atoms. The smallest absolute Gasteiger partial charge is 0.128 e. The van der Waals surface area contributed by atoms with Crippen LogP contribution in [0.25, 0.3) is 0 Å². The van der Waals surface area contributed by atoms with Crippen LogP contribution >= 0.6 is 11.3 Å². The van der Waals surface area contributed by atoms with Gasteiger partial charge in [0.1, 0.15) is 5.82 Å². The largest absolute Gasteiger partial charge is 0.313 e. The van der Waals surface area contributed by atoms with Gasteiger partial charge in [-0.05, 0) is 32.5 Å². The summed E-state index contributed by atoms with van der Waals surface area (Å²) in [4.78, 5) is 4.43. The van der Waals surface area contributed by atoms with Crippen molar-refractivity contribution in [1.29, 1.82) is 0 Å². The summed E-state index contributed by atoms with van der Waals surface area (Å²) in [5.41, 5.74) is 2.65. The molecule has 0 spiro atoms. The summed E-state index contributed by atoms with van der Waals surface area (Å²) >= 11 is 1.63. The van der Waals surface area contributed by atoms with E-state index in [1.54, 1.807) is 17.4 Å². The molecular formula is C14H17FN2S. The molecule has 2 aromatic rings. The lowest BCUT2D eigenvalue weighted by Gasteiger charge is -2.16. The van der Waals surface area contributed by atoms with Gasteiger partial charge in [-0.2, -0.15) is 0 Å². The zero-order chi connectivity index (χ0) is 13.1. The number of likely N-dealkylation sites (N-methyl/N-ethyl adjacent to an activating group) is 1. The van der Waals surface area contributed by atoms with Gasteiger partial charge in [0.2, 0.25) is 0 Å². The van der Waals surface area contributed by atoms with Gasteiger partial charge in [-0.1, -0.05) is 12.1 Å². The first-order chi connectivity index (χ1) is 8.60. The molecule has 1 heterocycles. The molecule has 0 saturated carbocycles. The van der Waals surface area contributed by atoms with E-state index in [1.165, 1.54) is 0 Å². The maximum Gasteiger partial charge on any atom is 0.128 e. The van der Waals surface area contributed by atoms with Crippen molar-refractivity contribution in [3.05, 3.63) is 51.2 Å². The van der Waals surface area contributed by atoms with Crippen molar-refractivity contribution < 1.29 is 4.39 Å². The van der Waals surface area contributed by atoms with Crippen molar-refractivity contribution in [3.8, 4) is 0 Å². The quantitative estimate of drug-likeness (QED) is 0.915. The number of nitrogens with zero attached hydrogens (tertiary/aromatic N) is 1. The lowest BCUT2D eigenvalue weighted by Crippen LogP contribution is -2.20. The average Bonchev–Trinajstić information content (AvgIpc) is 2.72. The van der Waals surface area contributed by atoms with Crippen LogP contribution < -0.4 is 5.32 Å². The number of rotatable bonds is 4. The molecule has 2 nitrogen and oxygen atoms in total. The molecule has 0 aliphatic rings. The van der Waals surface area contributed by atoms with Crippen LogP contribution in [0, 0.1) is 19.7 Å². The number of hydrogen-bond donors (Lipinski definition) is 1. The van der Waals surface area contributed by atoms with Crippen molar-refractivity contribution in [2.24, 2.45) is 0 Å². The highest BCUT2D eigenvalue weighted by molar-refractivity contribution is 7.09. The molecule has 1 unspecified atom stereocenters. The van der Waals surface area contributed by atoms with Crippen LogP contribution in [0.15, 0.2) is 23.6 Å². The van der Waals surface area contributed by atoms with Crippen LogP contribution in [0.4, 0.5) is 4.39 Å². The molecule has 96 valence electrons. The number of aromatic nitrogens is 1. The van der Waals surface area contributed by atoms with Crippen LogP contribution in [-0.4, -0.2) is 12.0 Å². The second-order valence-electron chi connectivity index (χ2n) is 4.43. The van der Waals surface area contributed by atoms with Crippen LogP contribution in [-0.2, 0) is 6.42 Å². The van der Waals surface area contributed by atoms with Crippen LogP contribution in [0.3, 0.4) is 0 Å². The predicted octanol–water partition coefficient (Wildman–Crippen LogP) is 3.40. The highest BCUT2D eigenvalue weighted by atomic mass is 32.1. The summed E-state index contributed by atoms with van der Waals surface area (Å²) in [6, 6.07) is 5.33. The Bertz CT molecular complexity index is 536. The lowest BCUT2D eigenvalue weighted by molar-refractivity contribution is 0.530. The van der Waals surface area contributed by atoms with E-state index in [4.69, 9.17) is 0 Å². The standard InChI is InChI=1S/C14H17FN2S/c1-9-4-5-12(13(15)6-9)14(16-3)7-11-8-18-10(2)17-11/h4-6,8,14,16H,7H2,1-3H3. The first kappa shape index (κ1) is 13.2. The minimum atomic E-state index is -0.152. The van der Waals surface area contributed by atoms with Crippen molar-refractivity contribution in [2.75, 3.05) is 7.05 Å². The Morgan fingerprint density at radius 2 is 2.17 bits per heavy atom. The summed E-state index contributed by atoms with van der Waals surface area (Å²) in [5.74, 6) is -0.152. The summed E-state index contributed by atoms with van der Waals surface area (Å²) in [6.45, 7) is 3.88. The maximum atomic E-state index is 13.9. The van der Waals surface area contributed by atoms with Gasteiger partial charge in [0.25, 0.3) is 0 Å². The molecule has 1 aromatic heterocycles. The molecule has 4 heteroatoms. The fraction of sp³-hybridized carbons (Fsp3) is 0.357. The summed E-state index contributed by atoms with van der Waals surface area (Å²) in [6.07, 6.45) is 0.709. The van der Waals surface area contributed by atoms with E-state index in [0.717, 1.165) is 16.3 Å². The summed E-state index contributed by atoms with van der Waals surface area (Å²) in [5, 5.41) is 6.24. The highest BCUT2D eigenvalue weighted by Crippen LogP contribution is 2.22. The Hall–Kier alpha value is -1.26. The first-order valence-corrected chi connectivity index (χ1v) is 6.82. The van der Waals surface area contributed by atoms with Gasteiger partial charge in [0.05, 0.1) is 10.7 Å². The number of hydrogen-bond acceptors (Lipinski definition) is 3. The molecule has 0 radical (unpaired) electrons. The minimum absolute atomic E-state index is 0.0351. The lowest BCUT2D eigenvalue weighted by atomic mass is 10.0. The highest BCUT2D eigenvalue weighted by Gasteiger charge is 2.15. The summed E-state index contributed by atoms with van der Waals surface area (Å²) < 4.78 is 13.9. The van der Waals surface area contributed by atoms with Crippen LogP contribution in [0.1, 0.15) is 27.9 Å². The van der Waals surface area contributed by atoms with E-state index >= 15 is 0 Å². The third kappa shape index (κ3) is 2.94. The summed E-state index contributed by atoms with van der Waals surface area (Å²) in [7, 11) is 1.85. The van der Waals surface area contributed by atoms with Crippen molar-refractivity contribution in [3.63, 3.8) is 0 Å². The zero-order valence-electron chi connectivity index (χ0n) is 10.8. The van der Waals surface area contributed by atoms with E-state index < -0.39 is 0 Å². The van der Waals surface area contributed by atoms with E-state index in [1.807, 2.05) is 38.4 Å². The second-order valence-corrected chi connectivity index (χ2v) is 5.49. The third-order valence-electron chi connectivity index (χ3n) is 2.96. The molecule has 0 fully saturated rings. The maximum absolute atomic E-state index is 13.9. The topological polar surface area (TPSA) is 24.9 Å². The van der Waals surface area contributed by atoms with Crippen molar-refractivity contribution >= 4 is 11.3 Å². The number of nitrogens with one attached hydrogen (secondary N) is 1. The van der Waals surface area contributed by atoms with Crippen LogP contribution in [0.5, 0.6) is 0 Å². The molecule has 1 aromatic carbocycles. The van der Waals surface area contributed by atoms with Gasteiger partial charge in [-0.25, -0.2) is 9.37 Å². The first-order valence-electron chi connectivity index (χ1n) is 5.94. The number of halogens is 1. The molecule has 0 aliphatic carbocycles. The number of aryl methyl sites for hydroxylation is 2. The third-order valence-corrected chi connectivity index (χ3v) is 3.78. The SMILES string of the molecule is CNC(Cc1csc(C)n1)c1ccc(C)cc1F. The van der Waals surface area contributed by atoms with Gasteiger partial charge < -0.3 is 5.32 Å². The van der Waals surface area contributed by atoms with Crippen LogP contribution in [0.2, 0.25) is 0 Å². The van der Waals surface area contributed by atoms with E-state index in [2.05, 4.69) is 10.3 Å². The Morgan fingerprint density at radius 3 is 2.72 bits per heavy atom. The average molecular weight is 264 g/mol. The monoisotopic (exact) mass is 264 g/mol. The predicted molar refractivity (Wildman–Crippen MR) is 73.5 cm³/mol. The van der Waals surface area contributed by atoms with E-state index in [-0.39, 0.29) is 11.9 Å². The van der Waals surface area contributed by atoms with E-state index in [9.17, 15) is 4.39 Å². The zero-order valence-corrected chi connectivity index (χ0v) is 11.6. The fourth-order valence-corrected chi connectivity index (χ4v) is 2.62. The Balaban J connectivity index is 2.22. The molecule has 1 N–H and O–H groups in total. The Kier molecular flexibility index (Phi) is 4.09. The fourth-order valence-electron chi connectivity index (χ4n) is 1.99. The van der Waals surface area contributed by atoms with E-state index in [0.29, 0.717) is 12.0 Å². The van der Waals surface area contributed by atoms with Gasteiger partial charge in [0, 0.05) is 23.4 Å². The van der Waals surface area contributed by atoms with Gasteiger partial charge in [-0.15, -0.1) is 11.3 Å². The van der Waals surface area contributed by atoms with Crippen molar-refractivity contribution in [2.45, 2.75) is 26.3 Å². The molecule has 2 rings (SSSR count). The Morgan fingerprint density at radius 1 is 1.39 bits per heavy atom. The van der Waals surface area contributed by atoms with Crippen molar-refractivity contribution in [1.82, 2.24) is 10.3 Å². The Labute approximate surface area is 111 Å².